The Kier molecular flexibility index (Phi) is 3.09. The molecule has 84 valence electrons. The van der Waals surface area contributed by atoms with E-state index >= 15 is 0 Å². The van der Waals surface area contributed by atoms with Gasteiger partial charge in [-0.2, -0.15) is 5.10 Å². The Morgan fingerprint density at radius 2 is 1.94 bits per heavy atom. The van der Waals surface area contributed by atoms with Crippen molar-refractivity contribution >= 4 is 17.3 Å². The van der Waals surface area contributed by atoms with Crippen LogP contribution in [-0.4, -0.2) is 20.2 Å². The Bertz CT molecular complexity index is 494. The number of nitrogens with zero attached hydrogens (tertiary/aromatic N) is 4. The lowest BCUT2D eigenvalue weighted by Gasteiger charge is -2.03. The third-order valence-corrected chi connectivity index (χ3v) is 3.12. The topological polar surface area (TPSA) is 63.6 Å². The molecule has 0 aliphatic heterocycles. The monoisotopic (exact) mass is 235 g/mol. The van der Waals surface area contributed by atoms with Gasteiger partial charge in [0, 0.05) is 11.1 Å². The summed E-state index contributed by atoms with van der Waals surface area (Å²) in [5.74, 6) is 0.552. The zero-order chi connectivity index (χ0) is 11.5. The maximum atomic E-state index is 4.35. The van der Waals surface area contributed by atoms with Gasteiger partial charge in [-0.15, -0.1) is 16.4 Å². The normalized spacial score (nSPS) is 10.4. The largest absolute Gasteiger partial charge is 0.346 e. The molecule has 0 fully saturated rings. The molecule has 0 amide bonds. The summed E-state index contributed by atoms with van der Waals surface area (Å²) in [6.45, 7) is 6.43. The molecule has 0 aliphatic rings. The van der Waals surface area contributed by atoms with Crippen molar-refractivity contribution in [3.8, 4) is 0 Å². The highest BCUT2D eigenvalue weighted by Crippen LogP contribution is 2.10. The van der Waals surface area contributed by atoms with Crippen molar-refractivity contribution in [2.24, 2.45) is 0 Å². The van der Waals surface area contributed by atoms with Crippen LogP contribution in [0.1, 0.15) is 22.1 Å². The highest BCUT2D eigenvalue weighted by molar-refractivity contribution is 7.09. The SMILES string of the molecule is Cc1csc(CNc2nnc(C)c(C)n2)n1. The van der Waals surface area contributed by atoms with Crippen molar-refractivity contribution in [3.05, 3.63) is 27.5 Å². The highest BCUT2D eigenvalue weighted by Gasteiger charge is 2.02. The van der Waals surface area contributed by atoms with Crippen molar-refractivity contribution in [1.82, 2.24) is 20.2 Å². The van der Waals surface area contributed by atoms with Gasteiger partial charge in [-0.25, -0.2) is 9.97 Å². The van der Waals surface area contributed by atoms with Crippen molar-refractivity contribution in [2.45, 2.75) is 27.3 Å². The van der Waals surface area contributed by atoms with E-state index in [4.69, 9.17) is 0 Å². The third-order valence-electron chi connectivity index (χ3n) is 2.16. The van der Waals surface area contributed by atoms with E-state index in [-0.39, 0.29) is 0 Å². The van der Waals surface area contributed by atoms with Gasteiger partial charge in [0.05, 0.1) is 17.9 Å². The molecule has 2 aromatic rings. The minimum absolute atomic E-state index is 0.552. The lowest BCUT2D eigenvalue weighted by atomic mass is 10.4. The van der Waals surface area contributed by atoms with Crippen molar-refractivity contribution in [1.29, 1.82) is 0 Å². The molecular formula is C10H13N5S. The Morgan fingerprint density at radius 3 is 2.56 bits per heavy atom. The van der Waals surface area contributed by atoms with Crippen LogP contribution >= 0.6 is 11.3 Å². The minimum Gasteiger partial charge on any atom is -0.346 e. The molecule has 0 aromatic carbocycles. The molecule has 0 aliphatic carbocycles. The molecule has 0 radical (unpaired) electrons. The molecule has 0 atom stereocenters. The van der Waals surface area contributed by atoms with Gasteiger partial charge in [-0.3, -0.25) is 0 Å². The summed E-state index contributed by atoms with van der Waals surface area (Å²) in [5.41, 5.74) is 2.80. The van der Waals surface area contributed by atoms with Crippen LogP contribution in [0.5, 0.6) is 0 Å². The third kappa shape index (κ3) is 2.52. The molecule has 0 saturated heterocycles. The molecule has 1 N–H and O–H groups in total. The molecule has 0 bridgehead atoms. The number of aromatic nitrogens is 4. The molecule has 0 unspecified atom stereocenters. The first kappa shape index (κ1) is 10.9. The van der Waals surface area contributed by atoms with Crippen LogP contribution in [0.3, 0.4) is 0 Å². The predicted octanol–water partition coefficient (Wildman–Crippen LogP) is 1.87. The van der Waals surface area contributed by atoms with Crippen molar-refractivity contribution < 1.29 is 0 Å². The minimum atomic E-state index is 0.552. The molecule has 0 saturated carbocycles. The van der Waals surface area contributed by atoms with Gasteiger partial charge in [-0.05, 0) is 20.8 Å². The maximum absolute atomic E-state index is 4.35. The quantitative estimate of drug-likeness (QED) is 0.879. The zero-order valence-electron chi connectivity index (χ0n) is 9.48. The first-order valence-corrected chi connectivity index (χ1v) is 5.86. The number of aryl methyl sites for hydroxylation is 3. The van der Waals surface area contributed by atoms with Gasteiger partial charge in [-0.1, -0.05) is 0 Å². The van der Waals surface area contributed by atoms with E-state index in [1.54, 1.807) is 11.3 Å². The Balaban J connectivity index is 2.02. The predicted molar refractivity (Wildman–Crippen MR) is 63.5 cm³/mol. The van der Waals surface area contributed by atoms with E-state index in [1.165, 1.54) is 0 Å². The van der Waals surface area contributed by atoms with Gasteiger partial charge in [0.2, 0.25) is 5.95 Å². The summed E-state index contributed by atoms with van der Waals surface area (Å²) in [6.07, 6.45) is 0. The van der Waals surface area contributed by atoms with Crippen molar-refractivity contribution in [3.63, 3.8) is 0 Å². The van der Waals surface area contributed by atoms with E-state index < -0.39 is 0 Å². The van der Waals surface area contributed by atoms with Gasteiger partial charge >= 0.3 is 0 Å². The molecule has 5 nitrogen and oxygen atoms in total. The fourth-order valence-electron chi connectivity index (χ4n) is 1.17. The fraction of sp³-hybridized carbons (Fsp3) is 0.400. The summed E-state index contributed by atoms with van der Waals surface area (Å²) in [6, 6.07) is 0. The van der Waals surface area contributed by atoms with Crippen LogP contribution in [0.4, 0.5) is 5.95 Å². The number of thiazole rings is 1. The molecule has 2 aromatic heterocycles. The number of rotatable bonds is 3. The lowest BCUT2D eigenvalue weighted by molar-refractivity contribution is 0.883. The first-order chi connectivity index (χ1) is 7.65. The summed E-state index contributed by atoms with van der Waals surface area (Å²) >= 11 is 1.63. The summed E-state index contributed by atoms with van der Waals surface area (Å²) in [5, 5.41) is 14.1. The summed E-state index contributed by atoms with van der Waals surface area (Å²) in [4.78, 5) is 8.63. The Labute approximate surface area is 98.0 Å². The van der Waals surface area contributed by atoms with E-state index in [0.717, 1.165) is 22.1 Å². The standard InChI is InChI=1S/C10H13N5S/c1-6-5-16-9(12-6)4-11-10-13-7(2)8(3)14-15-10/h5H,4H2,1-3H3,(H,11,13,15). The fourth-order valence-corrected chi connectivity index (χ4v) is 1.88. The second-order valence-corrected chi connectivity index (χ2v) is 4.49. The Morgan fingerprint density at radius 1 is 1.12 bits per heavy atom. The molecule has 2 rings (SSSR count). The van der Waals surface area contributed by atoms with Crippen LogP contribution < -0.4 is 5.32 Å². The average Bonchev–Trinajstić information content (AvgIpc) is 2.66. The van der Waals surface area contributed by atoms with Crippen LogP contribution in [0, 0.1) is 20.8 Å². The molecule has 16 heavy (non-hydrogen) atoms. The number of nitrogens with one attached hydrogen (secondary N) is 1. The van der Waals surface area contributed by atoms with Crippen LogP contribution in [0.25, 0.3) is 0 Å². The summed E-state index contributed by atoms with van der Waals surface area (Å²) in [7, 11) is 0. The lowest BCUT2D eigenvalue weighted by Crippen LogP contribution is -2.06. The summed E-state index contributed by atoms with van der Waals surface area (Å²) < 4.78 is 0. The molecule has 0 spiro atoms. The van der Waals surface area contributed by atoms with Gasteiger partial charge < -0.3 is 5.32 Å². The van der Waals surface area contributed by atoms with E-state index in [1.807, 2.05) is 26.2 Å². The van der Waals surface area contributed by atoms with Crippen LogP contribution in [-0.2, 0) is 6.54 Å². The number of hydrogen-bond donors (Lipinski definition) is 1. The van der Waals surface area contributed by atoms with Gasteiger partial charge in [0.15, 0.2) is 0 Å². The van der Waals surface area contributed by atoms with Crippen molar-refractivity contribution in [2.75, 3.05) is 5.32 Å². The zero-order valence-corrected chi connectivity index (χ0v) is 10.3. The number of hydrogen-bond acceptors (Lipinski definition) is 6. The molecule has 6 heteroatoms. The average molecular weight is 235 g/mol. The van der Waals surface area contributed by atoms with E-state index in [2.05, 4.69) is 25.5 Å². The Hall–Kier alpha value is -1.56. The highest BCUT2D eigenvalue weighted by atomic mass is 32.1. The smallest absolute Gasteiger partial charge is 0.243 e. The second kappa shape index (κ2) is 4.52. The van der Waals surface area contributed by atoms with Crippen LogP contribution in [0.15, 0.2) is 5.38 Å². The van der Waals surface area contributed by atoms with Gasteiger partial charge in [0.1, 0.15) is 5.01 Å². The van der Waals surface area contributed by atoms with Crippen LogP contribution in [0.2, 0.25) is 0 Å². The first-order valence-electron chi connectivity index (χ1n) is 4.98. The van der Waals surface area contributed by atoms with E-state index in [9.17, 15) is 0 Å². The molecular weight excluding hydrogens is 222 g/mol. The second-order valence-electron chi connectivity index (χ2n) is 3.54. The van der Waals surface area contributed by atoms with Gasteiger partial charge in [0.25, 0.3) is 0 Å². The van der Waals surface area contributed by atoms with E-state index in [0.29, 0.717) is 12.5 Å². The molecule has 2 heterocycles. The maximum Gasteiger partial charge on any atom is 0.243 e. The number of anilines is 1.